The molecule has 0 radical (unpaired) electrons. The highest BCUT2D eigenvalue weighted by atomic mass is 35.5. The molecule has 0 aliphatic carbocycles. The van der Waals surface area contributed by atoms with E-state index < -0.39 is 0 Å². The molecule has 3 rings (SSSR count). The predicted octanol–water partition coefficient (Wildman–Crippen LogP) is 4.62. The number of ketones is 1. The van der Waals surface area contributed by atoms with Crippen LogP contribution in [-0.2, 0) is 13.2 Å². The minimum atomic E-state index is -0.169. The molecular formula is C19H17ClN2O3. The first-order valence-corrected chi connectivity index (χ1v) is 8.25. The van der Waals surface area contributed by atoms with Crippen LogP contribution in [0.3, 0.4) is 0 Å². The number of hydrogen-bond acceptors (Lipinski definition) is 4. The molecule has 0 fully saturated rings. The van der Waals surface area contributed by atoms with Crippen molar-refractivity contribution in [2.24, 2.45) is 0 Å². The van der Waals surface area contributed by atoms with Gasteiger partial charge in [-0.1, -0.05) is 23.7 Å². The molecule has 2 aromatic heterocycles. The average molecular weight is 357 g/mol. The van der Waals surface area contributed by atoms with Crippen LogP contribution in [0.25, 0.3) is 6.08 Å². The van der Waals surface area contributed by atoms with Gasteiger partial charge in [-0.25, -0.2) is 0 Å². The van der Waals surface area contributed by atoms with Crippen LogP contribution in [0.1, 0.15) is 28.9 Å². The van der Waals surface area contributed by atoms with E-state index in [1.54, 1.807) is 47.3 Å². The van der Waals surface area contributed by atoms with E-state index in [-0.39, 0.29) is 12.4 Å². The Morgan fingerprint density at radius 3 is 2.88 bits per heavy atom. The van der Waals surface area contributed by atoms with E-state index in [4.69, 9.17) is 20.8 Å². The second-order valence-electron chi connectivity index (χ2n) is 5.28. The van der Waals surface area contributed by atoms with E-state index in [1.807, 2.05) is 19.1 Å². The van der Waals surface area contributed by atoms with Crippen molar-refractivity contribution in [1.29, 1.82) is 0 Å². The number of allylic oxidation sites excluding steroid dienone is 1. The number of hydrogen-bond donors (Lipinski definition) is 0. The zero-order valence-corrected chi connectivity index (χ0v) is 14.4. The Morgan fingerprint density at radius 2 is 2.12 bits per heavy atom. The maximum atomic E-state index is 12.1. The van der Waals surface area contributed by atoms with Gasteiger partial charge in [-0.05, 0) is 49.4 Å². The van der Waals surface area contributed by atoms with Crippen molar-refractivity contribution in [3.63, 3.8) is 0 Å². The number of para-hydroxylation sites is 1. The number of aromatic nitrogens is 2. The van der Waals surface area contributed by atoms with Crippen molar-refractivity contribution in [2.75, 3.05) is 0 Å². The summed E-state index contributed by atoms with van der Waals surface area (Å²) in [6.45, 7) is 2.95. The van der Waals surface area contributed by atoms with Crippen LogP contribution in [-0.4, -0.2) is 15.6 Å². The maximum absolute atomic E-state index is 12.1. The monoisotopic (exact) mass is 356 g/mol. The highest BCUT2D eigenvalue weighted by Gasteiger charge is 2.07. The molecule has 0 amide bonds. The first-order chi connectivity index (χ1) is 12.2. The third-order valence-corrected chi connectivity index (χ3v) is 3.82. The summed E-state index contributed by atoms with van der Waals surface area (Å²) in [4.78, 5) is 12.1. The van der Waals surface area contributed by atoms with Crippen LogP contribution >= 0.6 is 11.6 Å². The lowest BCUT2D eigenvalue weighted by molar-refractivity contribution is 0.104. The smallest absolute Gasteiger partial charge is 0.206 e. The number of carbonyl (C=O) groups excluding carboxylic acids is 1. The van der Waals surface area contributed by atoms with Gasteiger partial charge in [-0.3, -0.25) is 9.48 Å². The molecule has 0 aliphatic heterocycles. The molecule has 3 aromatic rings. The number of ether oxygens (including phenoxy) is 1. The SMILES string of the molecule is CCn1ccc(C(=O)C=Cc2ccc(COc3ccccc3Cl)o2)n1. The van der Waals surface area contributed by atoms with Gasteiger partial charge >= 0.3 is 0 Å². The molecule has 0 unspecified atom stereocenters. The summed E-state index contributed by atoms with van der Waals surface area (Å²) in [6, 6.07) is 12.5. The molecule has 0 saturated heterocycles. The predicted molar refractivity (Wildman–Crippen MR) is 95.8 cm³/mol. The highest BCUT2D eigenvalue weighted by Crippen LogP contribution is 2.24. The van der Waals surface area contributed by atoms with Gasteiger partial charge in [0.2, 0.25) is 5.78 Å². The Balaban J connectivity index is 1.59. The summed E-state index contributed by atoms with van der Waals surface area (Å²) in [5.41, 5.74) is 0.409. The van der Waals surface area contributed by atoms with Crippen LogP contribution < -0.4 is 4.74 Å². The molecule has 5 nitrogen and oxygen atoms in total. The van der Waals surface area contributed by atoms with Gasteiger partial charge in [0, 0.05) is 12.7 Å². The zero-order chi connectivity index (χ0) is 17.6. The first kappa shape index (κ1) is 17.0. The maximum Gasteiger partial charge on any atom is 0.206 e. The summed E-state index contributed by atoms with van der Waals surface area (Å²) < 4.78 is 12.9. The van der Waals surface area contributed by atoms with Crippen LogP contribution in [0.2, 0.25) is 5.02 Å². The quantitative estimate of drug-likeness (QED) is 0.457. The molecule has 0 saturated carbocycles. The average Bonchev–Trinajstić information content (AvgIpc) is 3.28. The Labute approximate surface area is 150 Å². The molecule has 0 atom stereocenters. The van der Waals surface area contributed by atoms with Crippen LogP contribution in [0, 0.1) is 0 Å². The van der Waals surface area contributed by atoms with E-state index >= 15 is 0 Å². The zero-order valence-electron chi connectivity index (χ0n) is 13.7. The normalized spacial score (nSPS) is 11.1. The molecular weight excluding hydrogens is 340 g/mol. The largest absolute Gasteiger partial charge is 0.484 e. The number of aryl methyl sites for hydroxylation is 1. The Morgan fingerprint density at radius 1 is 1.28 bits per heavy atom. The van der Waals surface area contributed by atoms with Crippen molar-refractivity contribution in [3.8, 4) is 5.75 Å². The molecule has 0 bridgehead atoms. The lowest BCUT2D eigenvalue weighted by Crippen LogP contribution is -1.99. The topological polar surface area (TPSA) is 57.3 Å². The van der Waals surface area contributed by atoms with E-state index in [1.165, 1.54) is 6.08 Å². The van der Waals surface area contributed by atoms with Crippen LogP contribution in [0.4, 0.5) is 0 Å². The second kappa shape index (κ2) is 7.85. The summed E-state index contributed by atoms with van der Waals surface area (Å²) in [7, 11) is 0. The summed E-state index contributed by atoms with van der Waals surface area (Å²) in [5.74, 6) is 1.64. The van der Waals surface area contributed by atoms with E-state index in [2.05, 4.69) is 5.10 Å². The molecule has 128 valence electrons. The fourth-order valence-electron chi connectivity index (χ4n) is 2.18. The lowest BCUT2D eigenvalue weighted by Gasteiger charge is -2.05. The van der Waals surface area contributed by atoms with Gasteiger partial charge in [0.15, 0.2) is 0 Å². The first-order valence-electron chi connectivity index (χ1n) is 7.87. The third-order valence-electron chi connectivity index (χ3n) is 3.51. The number of carbonyl (C=O) groups is 1. The highest BCUT2D eigenvalue weighted by molar-refractivity contribution is 6.32. The van der Waals surface area contributed by atoms with Crippen molar-refractivity contribution in [3.05, 3.63) is 77.0 Å². The van der Waals surface area contributed by atoms with Gasteiger partial charge in [0.25, 0.3) is 0 Å². The Kier molecular flexibility index (Phi) is 5.36. The summed E-state index contributed by atoms with van der Waals surface area (Å²) in [6.07, 6.45) is 4.84. The van der Waals surface area contributed by atoms with Gasteiger partial charge in [-0.2, -0.15) is 5.10 Å². The molecule has 0 spiro atoms. The van der Waals surface area contributed by atoms with Crippen LogP contribution in [0.5, 0.6) is 5.75 Å². The van der Waals surface area contributed by atoms with Gasteiger partial charge < -0.3 is 9.15 Å². The molecule has 0 N–H and O–H groups in total. The van der Waals surface area contributed by atoms with Crippen molar-refractivity contribution in [1.82, 2.24) is 9.78 Å². The molecule has 6 heteroatoms. The molecule has 25 heavy (non-hydrogen) atoms. The van der Waals surface area contributed by atoms with E-state index in [0.717, 1.165) is 6.54 Å². The lowest BCUT2D eigenvalue weighted by atomic mass is 10.2. The Hall–Kier alpha value is -2.79. The number of furan rings is 1. The fraction of sp³-hybridized carbons (Fsp3) is 0.158. The van der Waals surface area contributed by atoms with Crippen molar-refractivity contribution >= 4 is 23.5 Å². The minimum absolute atomic E-state index is 0.169. The van der Waals surface area contributed by atoms with Crippen molar-refractivity contribution in [2.45, 2.75) is 20.1 Å². The number of nitrogens with zero attached hydrogens (tertiary/aromatic N) is 2. The number of halogens is 1. The second-order valence-corrected chi connectivity index (χ2v) is 5.68. The van der Waals surface area contributed by atoms with Gasteiger partial charge in [-0.15, -0.1) is 0 Å². The molecule has 2 heterocycles. The van der Waals surface area contributed by atoms with E-state index in [0.29, 0.717) is 28.0 Å². The summed E-state index contributed by atoms with van der Waals surface area (Å²) in [5, 5.41) is 4.72. The minimum Gasteiger partial charge on any atom is -0.484 e. The third kappa shape index (κ3) is 4.39. The summed E-state index contributed by atoms with van der Waals surface area (Å²) >= 11 is 6.04. The van der Waals surface area contributed by atoms with E-state index in [9.17, 15) is 4.79 Å². The molecule has 0 aliphatic rings. The number of rotatable bonds is 7. The van der Waals surface area contributed by atoms with Crippen molar-refractivity contribution < 1.29 is 13.9 Å². The fourth-order valence-corrected chi connectivity index (χ4v) is 2.38. The van der Waals surface area contributed by atoms with Gasteiger partial charge in [0.1, 0.15) is 29.6 Å². The molecule has 1 aromatic carbocycles. The van der Waals surface area contributed by atoms with Crippen LogP contribution in [0.15, 0.2) is 59.2 Å². The van der Waals surface area contributed by atoms with Gasteiger partial charge in [0.05, 0.1) is 5.02 Å². The Bertz CT molecular complexity index is 895. The number of benzene rings is 1. The standard InChI is InChI=1S/C19H17ClN2O3/c1-2-22-12-11-17(21-22)18(23)10-9-14-7-8-15(25-14)13-24-19-6-4-3-5-16(19)20/h3-12H,2,13H2,1H3.